The van der Waals surface area contributed by atoms with Crippen molar-refractivity contribution in [2.24, 2.45) is 0 Å². The zero-order chi connectivity index (χ0) is 14.1. The molecule has 20 heavy (non-hydrogen) atoms. The van der Waals surface area contributed by atoms with E-state index >= 15 is 0 Å². The number of halogens is 1. The molecule has 0 bridgehead atoms. The summed E-state index contributed by atoms with van der Waals surface area (Å²) in [5, 5.41) is 9.70. The Balaban J connectivity index is 1.82. The summed E-state index contributed by atoms with van der Waals surface area (Å²) in [4.78, 5) is 16.1. The minimum absolute atomic E-state index is 0.198. The summed E-state index contributed by atoms with van der Waals surface area (Å²) < 4.78 is 5.52. The highest BCUT2D eigenvalue weighted by molar-refractivity contribution is 6.30. The van der Waals surface area contributed by atoms with E-state index in [1.165, 1.54) is 0 Å². The highest BCUT2D eigenvalue weighted by atomic mass is 35.5. The number of amides is 1. The molecule has 1 aliphatic rings. The average Bonchev–Trinajstić information content (AvgIpc) is 2.83. The second-order valence-electron chi connectivity index (χ2n) is 4.34. The third-order valence-electron chi connectivity index (χ3n) is 2.80. The number of carbonyl (C=O) groups excluding carboxylic acids is 1. The van der Waals surface area contributed by atoms with Crippen LogP contribution >= 0.6 is 11.6 Å². The fourth-order valence-corrected chi connectivity index (χ4v) is 2.04. The molecule has 1 aliphatic heterocycles. The van der Waals surface area contributed by atoms with Crippen molar-refractivity contribution >= 4 is 29.5 Å². The first-order valence-corrected chi connectivity index (χ1v) is 6.33. The maximum absolute atomic E-state index is 12.1. The normalized spacial score (nSPS) is 13.2. The molecular weight excluding hydrogens is 280 g/mol. The van der Waals surface area contributed by atoms with Crippen LogP contribution in [0, 0.1) is 6.92 Å². The fourth-order valence-electron chi connectivity index (χ4n) is 1.86. The number of hydrogen-bond donors (Lipinski definition) is 2. The highest BCUT2D eigenvalue weighted by Crippen LogP contribution is 2.29. The monoisotopic (exact) mass is 290 g/mol. The number of aromatic nitrogens is 3. The first-order chi connectivity index (χ1) is 9.61. The summed E-state index contributed by atoms with van der Waals surface area (Å²) in [6.07, 6.45) is 1.75. The van der Waals surface area contributed by atoms with E-state index in [0.717, 1.165) is 5.56 Å². The van der Waals surface area contributed by atoms with Gasteiger partial charge in [-0.2, -0.15) is 4.98 Å². The molecule has 6 nitrogen and oxygen atoms in total. The summed E-state index contributed by atoms with van der Waals surface area (Å²) in [5.74, 6) is 1.28. The number of anilines is 1. The SMILES string of the molecule is Cc1nc(NC(=O)C2=Cc3cc(Cl)ccc3OC2)n[nH]1. The lowest BCUT2D eigenvalue weighted by Gasteiger charge is -2.17. The van der Waals surface area contributed by atoms with Gasteiger partial charge in [0.1, 0.15) is 18.2 Å². The Kier molecular flexibility index (Phi) is 3.15. The molecule has 102 valence electrons. The van der Waals surface area contributed by atoms with Gasteiger partial charge in [-0.3, -0.25) is 15.2 Å². The van der Waals surface area contributed by atoms with Crippen molar-refractivity contribution < 1.29 is 9.53 Å². The van der Waals surface area contributed by atoms with E-state index in [2.05, 4.69) is 20.5 Å². The predicted octanol–water partition coefficient (Wildman–Crippen LogP) is 2.18. The Hall–Kier alpha value is -2.34. The molecule has 0 aliphatic carbocycles. The molecule has 0 unspecified atom stereocenters. The van der Waals surface area contributed by atoms with Crippen molar-refractivity contribution in [3.05, 3.63) is 40.2 Å². The van der Waals surface area contributed by atoms with Crippen LogP contribution in [0.1, 0.15) is 11.4 Å². The van der Waals surface area contributed by atoms with Crippen molar-refractivity contribution in [3.63, 3.8) is 0 Å². The fraction of sp³-hybridized carbons (Fsp3) is 0.154. The largest absolute Gasteiger partial charge is 0.488 e. The molecule has 1 aromatic heterocycles. The number of benzene rings is 1. The van der Waals surface area contributed by atoms with Gasteiger partial charge in [0.25, 0.3) is 5.91 Å². The zero-order valence-corrected chi connectivity index (χ0v) is 11.4. The third kappa shape index (κ3) is 2.50. The van der Waals surface area contributed by atoms with Gasteiger partial charge in [0.15, 0.2) is 0 Å². The number of hydrogen-bond acceptors (Lipinski definition) is 4. The Bertz CT molecular complexity index is 708. The minimum atomic E-state index is -0.297. The molecule has 1 aromatic carbocycles. The van der Waals surface area contributed by atoms with Gasteiger partial charge < -0.3 is 4.74 Å². The number of carbonyl (C=O) groups is 1. The van der Waals surface area contributed by atoms with E-state index in [1.807, 2.05) is 0 Å². The van der Waals surface area contributed by atoms with Crippen LogP contribution in [0.4, 0.5) is 5.95 Å². The van der Waals surface area contributed by atoms with Gasteiger partial charge in [0.05, 0.1) is 5.57 Å². The molecular formula is C13H11ClN4O2. The summed E-state index contributed by atoms with van der Waals surface area (Å²) in [5.41, 5.74) is 1.27. The number of aryl methyl sites for hydroxylation is 1. The van der Waals surface area contributed by atoms with Crippen LogP contribution in [0.3, 0.4) is 0 Å². The average molecular weight is 291 g/mol. The Morgan fingerprint density at radius 2 is 2.35 bits per heavy atom. The molecule has 2 aromatic rings. The third-order valence-corrected chi connectivity index (χ3v) is 3.03. The van der Waals surface area contributed by atoms with Crippen LogP contribution in [-0.4, -0.2) is 27.7 Å². The van der Waals surface area contributed by atoms with E-state index in [4.69, 9.17) is 16.3 Å². The Morgan fingerprint density at radius 3 is 3.10 bits per heavy atom. The minimum Gasteiger partial charge on any atom is -0.488 e. The summed E-state index contributed by atoms with van der Waals surface area (Å²) in [6, 6.07) is 5.28. The first kappa shape index (κ1) is 12.7. The molecule has 3 rings (SSSR count). The van der Waals surface area contributed by atoms with Crippen LogP contribution in [0.25, 0.3) is 6.08 Å². The Labute approximate surface area is 119 Å². The van der Waals surface area contributed by atoms with Crippen molar-refractivity contribution in [1.82, 2.24) is 15.2 Å². The van der Waals surface area contributed by atoms with Crippen LogP contribution in [0.2, 0.25) is 5.02 Å². The molecule has 2 N–H and O–H groups in total. The number of nitrogens with zero attached hydrogens (tertiary/aromatic N) is 2. The number of rotatable bonds is 2. The van der Waals surface area contributed by atoms with Gasteiger partial charge in [-0.15, -0.1) is 5.10 Å². The van der Waals surface area contributed by atoms with Crippen molar-refractivity contribution in [2.75, 3.05) is 11.9 Å². The smallest absolute Gasteiger partial charge is 0.257 e. The maximum atomic E-state index is 12.1. The number of aromatic amines is 1. The molecule has 7 heteroatoms. The number of H-pyrrole nitrogens is 1. The lowest BCUT2D eigenvalue weighted by molar-refractivity contribution is -0.113. The zero-order valence-electron chi connectivity index (χ0n) is 10.6. The molecule has 0 radical (unpaired) electrons. The van der Waals surface area contributed by atoms with Gasteiger partial charge in [-0.05, 0) is 31.2 Å². The van der Waals surface area contributed by atoms with Gasteiger partial charge in [-0.1, -0.05) is 11.6 Å². The van der Waals surface area contributed by atoms with E-state index < -0.39 is 0 Å². The van der Waals surface area contributed by atoms with Crippen LogP contribution in [-0.2, 0) is 4.79 Å². The predicted molar refractivity (Wildman–Crippen MR) is 74.7 cm³/mol. The van der Waals surface area contributed by atoms with Gasteiger partial charge >= 0.3 is 0 Å². The van der Waals surface area contributed by atoms with Crippen LogP contribution < -0.4 is 10.1 Å². The topological polar surface area (TPSA) is 79.9 Å². The molecule has 0 saturated carbocycles. The highest BCUT2D eigenvalue weighted by Gasteiger charge is 2.18. The molecule has 0 fully saturated rings. The van der Waals surface area contributed by atoms with Gasteiger partial charge in [0.2, 0.25) is 5.95 Å². The van der Waals surface area contributed by atoms with E-state index in [-0.39, 0.29) is 18.5 Å². The molecule has 0 saturated heterocycles. The Morgan fingerprint density at radius 1 is 1.50 bits per heavy atom. The molecule has 1 amide bonds. The second-order valence-corrected chi connectivity index (χ2v) is 4.78. The number of ether oxygens (including phenoxy) is 1. The van der Waals surface area contributed by atoms with Crippen LogP contribution in [0.5, 0.6) is 5.75 Å². The van der Waals surface area contributed by atoms with E-state index in [1.54, 1.807) is 31.2 Å². The summed E-state index contributed by atoms with van der Waals surface area (Å²) in [7, 11) is 0. The lowest BCUT2D eigenvalue weighted by Crippen LogP contribution is -2.21. The van der Waals surface area contributed by atoms with Crippen molar-refractivity contribution in [2.45, 2.75) is 6.92 Å². The van der Waals surface area contributed by atoms with E-state index in [9.17, 15) is 4.79 Å². The molecule has 0 spiro atoms. The quantitative estimate of drug-likeness (QED) is 0.888. The van der Waals surface area contributed by atoms with Crippen LogP contribution in [0.15, 0.2) is 23.8 Å². The maximum Gasteiger partial charge on any atom is 0.257 e. The standard InChI is InChI=1S/C13H11ClN4O2/c1-7-15-13(18-17-7)16-12(19)9-4-8-5-10(14)2-3-11(8)20-6-9/h2-5H,6H2,1H3,(H2,15,16,17,18,19). The second kappa shape index (κ2) is 4.97. The summed E-state index contributed by atoms with van der Waals surface area (Å²) in [6.45, 7) is 1.95. The summed E-state index contributed by atoms with van der Waals surface area (Å²) >= 11 is 5.93. The van der Waals surface area contributed by atoms with E-state index in [0.29, 0.717) is 22.2 Å². The van der Waals surface area contributed by atoms with Crippen molar-refractivity contribution in [3.8, 4) is 5.75 Å². The number of fused-ring (bicyclic) bond motifs is 1. The van der Waals surface area contributed by atoms with Gasteiger partial charge in [0, 0.05) is 10.6 Å². The lowest BCUT2D eigenvalue weighted by atomic mass is 10.1. The first-order valence-electron chi connectivity index (χ1n) is 5.95. The van der Waals surface area contributed by atoms with Crippen molar-refractivity contribution in [1.29, 1.82) is 0 Å². The van der Waals surface area contributed by atoms with Gasteiger partial charge in [-0.25, -0.2) is 0 Å². The molecule has 2 heterocycles. The number of nitrogens with one attached hydrogen (secondary N) is 2. The molecule has 0 atom stereocenters.